The Morgan fingerprint density at radius 1 is 1.11 bits per heavy atom. The molecule has 0 amide bonds. The van der Waals surface area contributed by atoms with Crippen molar-refractivity contribution in [2.45, 2.75) is 39.2 Å². The molecular formula is C16H26N2. The van der Waals surface area contributed by atoms with Gasteiger partial charge in [0.15, 0.2) is 0 Å². The summed E-state index contributed by atoms with van der Waals surface area (Å²) in [6.07, 6.45) is 5.16. The first-order chi connectivity index (χ1) is 8.88. The number of hydrogen-bond donors (Lipinski definition) is 2. The molecular weight excluding hydrogens is 220 g/mol. The second-order valence-electron chi connectivity index (χ2n) is 5.33. The van der Waals surface area contributed by atoms with E-state index in [9.17, 15) is 0 Å². The highest BCUT2D eigenvalue weighted by Gasteiger charge is 2.11. The fourth-order valence-electron chi connectivity index (χ4n) is 2.60. The molecule has 1 heterocycles. The summed E-state index contributed by atoms with van der Waals surface area (Å²) in [5.41, 5.74) is 2.82. The molecule has 18 heavy (non-hydrogen) atoms. The molecule has 1 aromatic carbocycles. The zero-order chi connectivity index (χ0) is 12.6. The van der Waals surface area contributed by atoms with Crippen LogP contribution in [0.15, 0.2) is 24.3 Å². The van der Waals surface area contributed by atoms with Crippen LogP contribution in [0.3, 0.4) is 0 Å². The minimum Gasteiger partial charge on any atom is -0.317 e. The molecule has 2 rings (SSSR count). The van der Waals surface area contributed by atoms with Gasteiger partial charge in [0.2, 0.25) is 0 Å². The van der Waals surface area contributed by atoms with Crippen molar-refractivity contribution in [2.75, 3.05) is 19.6 Å². The number of rotatable bonds is 6. The SMILES string of the molecule is CCc1ccc(CNCCC2CCNCC2)cc1. The molecule has 2 N–H and O–H groups in total. The lowest BCUT2D eigenvalue weighted by molar-refractivity contribution is 0.348. The molecule has 2 heteroatoms. The molecule has 1 fully saturated rings. The summed E-state index contributed by atoms with van der Waals surface area (Å²) in [6, 6.07) is 8.97. The van der Waals surface area contributed by atoms with E-state index in [1.165, 1.54) is 43.5 Å². The normalized spacial score (nSPS) is 16.9. The second-order valence-corrected chi connectivity index (χ2v) is 5.33. The molecule has 0 aromatic heterocycles. The van der Waals surface area contributed by atoms with Crippen LogP contribution in [0.4, 0.5) is 0 Å². The first kappa shape index (κ1) is 13.6. The molecule has 0 spiro atoms. The van der Waals surface area contributed by atoms with Crippen LogP contribution in [0.5, 0.6) is 0 Å². The van der Waals surface area contributed by atoms with E-state index in [1.807, 2.05) is 0 Å². The molecule has 1 aliphatic heterocycles. The zero-order valence-corrected chi connectivity index (χ0v) is 11.5. The van der Waals surface area contributed by atoms with E-state index in [-0.39, 0.29) is 0 Å². The van der Waals surface area contributed by atoms with Gasteiger partial charge in [0, 0.05) is 6.54 Å². The number of hydrogen-bond acceptors (Lipinski definition) is 2. The van der Waals surface area contributed by atoms with Gasteiger partial charge in [-0.3, -0.25) is 0 Å². The summed E-state index contributed by atoms with van der Waals surface area (Å²) in [4.78, 5) is 0. The highest BCUT2D eigenvalue weighted by Crippen LogP contribution is 2.14. The van der Waals surface area contributed by atoms with Crippen molar-refractivity contribution in [1.82, 2.24) is 10.6 Å². The van der Waals surface area contributed by atoms with Crippen LogP contribution in [0.1, 0.15) is 37.3 Å². The predicted molar refractivity (Wildman–Crippen MR) is 77.7 cm³/mol. The lowest BCUT2D eigenvalue weighted by Crippen LogP contribution is -2.29. The minimum absolute atomic E-state index is 0.932. The van der Waals surface area contributed by atoms with Gasteiger partial charge in [-0.25, -0.2) is 0 Å². The Morgan fingerprint density at radius 2 is 1.78 bits per heavy atom. The summed E-state index contributed by atoms with van der Waals surface area (Å²) >= 11 is 0. The van der Waals surface area contributed by atoms with Crippen molar-refractivity contribution in [2.24, 2.45) is 5.92 Å². The quantitative estimate of drug-likeness (QED) is 0.754. The molecule has 100 valence electrons. The standard InChI is InChI=1S/C16H26N2/c1-2-14-3-5-16(6-4-14)13-18-12-9-15-7-10-17-11-8-15/h3-6,15,17-18H,2,7-13H2,1H3. The Bertz CT molecular complexity index is 325. The highest BCUT2D eigenvalue weighted by atomic mass is 14.9. The van der Waals surface area contributed by atoms with E-state index < -0.39 is 0 Å². The fourth-order valence-corrected chi connectivity index (χ4v) is 2.60. The van der Waals surface area contributed by atoms with Gasteiger partial charge in [-0.15, -0.1) is 0 Å². The van der Waals surface area contributed by atoms with Gasteiger partial charge in [0.25, 0.3) is 0 Å². The van der Waals surface area contributed by atoms with Crippen molar-refractivity contribution in [3.63, 3.8) is 0 Å². The van der Waals surface area contributed by atoms with Gasteiger partial charge in [-0.05, 0) is 62.4 Å². The number of nitrogens with one attached hydrogen (secondary N) is 2. The van der Waals surface area contributed by atoms with Crippen molar-refractivity contribution in [3.8, 4) is 0 Å². The van der Waals surface area contributed by atoms with Crippen LogP contribution in [-0.4, -0.2) is 19.6 Å². The van der Waals surface area contributed by atoms with Crippen LogP contribution in [-0.2, 0) is 13.0 Å². The Labute approximate surface area is 111 Å². The number of piperidine rings is 1. The van der Waals surface area contributed by atoms with Crippen LogP contribution >= 0.6 is 0 Å². The van der Waals surface area contributed by atoms with Crippen molar-refractivity contribution in [1.29, 1.82) is 0 Å². The van der Waals surface area contributed by atoms with Gasteiger partial charge in [-0.2, -0.15) is 0 Å². The van der Waals surface area contributed by atoms with Gasteiger partial charge < -0.3 is 10.6 Å². The largest absolute Gasteiger partial charge is 0.317 e. The van der Waals surface area contributed by atoms with Crippen molar-refractivity contribution >= 4 is 0 Å². The lowest BCUT2D eigenvalue weighted by Gasteiger charge is -2.22. The molecule has 1 aromatic rings. The topological polar surface area (TPSA) is 24.1 Å². The maximum absolute atomic E-state index is 3.57. The number of benzene rings is 1. The smallest absolute Gasteiger partial charge is 0.0205 e. The maximum atomic E-state index is 3.57. The average molecular weight is 246 g/mol. The van der Waals surface area contributed by atoms with Crippen LogP contribution in [0.2, 0.25) is 0 Å². The summed E-state index contributed by atoms with van der Waals surface area (Å²) in [5.74, 6) is 0.932. The van der Waals surface area contributed by atoms with E-state index in [1.54, 1.807) is 0 Å². The van der Waals surface area contributed by atoms with Gasteiger partial charge in [0.05, 0.1) is 0 Å². The first-order valence-corrected chi connectivity index (χ1v) is 7.37. The van der Waals surface area contributed by atoms with E-state index >= 15 is 0 Å². The minimum atomic E-state index is 0.932. The maximum Gasteiger partial charge on any atom is 0.0205 e. The molecule has 1 saturated heterocycles. The molecule has 0 aliphatic carbocycles. The summed E-state index contributed by atoms with van der Waals surface area (Å²) in [5, 5.41) is 6.99. The van der Waals surface area contributed by atoms with Crippen molar-refractivity contribution < 1.29 is 0 Å². The van der Waals surface area contributed by atoms with Crippen LogP contribution in [0, 0.1) is 5.92 Å². The lowest BCUT2D eigenvalue weighted by atomic mass is 9.95. The zero-order valence-electron chi connectivity index (χ0n) is 11.5. The average Bonchev–Trinajstić information content (AvgIpc) is 2.45. The molecule has 0 atom stereocenters. The first-order valence-electron chi connectivity index (χ1n) is 7.37. The molecule has 0 saturated carbocycles. The molecule has 2 nitrogen and oxygen atoms in total. The van der Waals surface area contributed by atoms with Gasteiger partial charge >= 0.3 is 0 Å². The molecule has 1 aliphatic rings. The number of aryl methyl sites for hydroxylation is 1. The van der Waals surface area contributed by atoms with E-state index in [0.29, 0.717) is 0 Å². The third-order valence-electron chi connectivity index (χ3n) is 3.95. The Hall–Kier alpha value is -0.860. The van der Waals surface area contributed by atoms with Gasteiger partial charge in [0.1, 0.15) is 0 Å². The summed E-state index contributed by atoms with van der Waals surface area (Å²) < 4.78 is 0. The molecule has 0 radical (unpaired) electrons. The van der Waals surface area contributed by atoms with Gasteiger partial charge in [-0.1, -0.05) is 31.2 Å². The van der Waals surface area contributed by atoms with Crippen LogP contribution < -0.4 is 10.6 Å². The fraction of sp³-hybridized carbons (Fsp3) is 0.625. The third kappa shape index (κ3) is 4.43. The monoisotopic (exact) mass is 246 g/mol. The Morgan fingerprint density at radius 3 is 2.44 bits per heavy atom. The second kappa shape index (κ2) is 7.55. The molecule has 0 bridgehead atoms. The van der Waals surface area contributed by atoms with E-state index in [4.69, 9.17) is 0 Å². The summed E-state index contributed by atoms with van der Waals surface area (Å²) in [6.45, 7) is 6.79. The Kier molecular flexibility index (Phi) is 5.69. The van der Waals surface area contributed by atoms with E-state index in [0.717, 1.165) is 25.4 Å². The molecule has 0 unspecified atom stereocenters. The van der Waals surface area contributed by atoms with Crippen LogP contribution in [0.25, 0.3) is 0 Å². The Balaban J connectivity index is 1.62. The predicted octanol–water partition coefficient (Wildman–Crippen LogP) is 2.73. The summed E-state index contributed by atoms with van der Waals surface area (Å²) in [7, 11) is 0. The highest BCUT2D eigenvalue weighted by molar-refractivity contribution is 5.22. The van der Waals surface area contributed by atoms with E-state index in [2.05, 4.69) is 41.8 Å². The third-order valence-corrected chi connectivity index (χ3v) is 3.95. The van der Waals surface area contributed by atoms with Crippen molar-refractivity contribution in [3.05, 3.63) is 35.4 Å².